The average molecular weight is 333 g/mol. The van der Waals surface area contributed by atoms with Gasteiger partial charge >= 0.3 is 17.9 Å². The van der Waals surface area contributed by atoms with Gasteiger partial charge < -0.3 is 29.4 Å². The Morgan fingerprint density at radius 3 is 2.04 bits per heavy atom. The molecule has 0 aromatic carbocycles. The highest BCUT2D eigenvalue weighted by Gasteiger charge is 2.49. The first-order valence-electron chi connectivity index (χ1n) is 7.26. The second-order valence-electron chi connectivity index (χ2n) is 5.03. The molecule has 1 saturated heterocycles. The van der Waals surface area contributed by atoms with Gasteiger partial charge in [-0.2, -0.15) is 0 Å². The van der Waals surface area contributed by atoms with E-state index in [1.807, 2.05) is 0 Å². The molecule has 1 aliphatic heterocycles. The zero-order valence-corrected chi connectivity index (χ0v) is 13.6. The van der Waals surface area contributed by atoms with Crippen LogP contribution in [0, 0.1) is 0 Å². The van der Waals surface area contributed by atoms with Crippen LogP contribution < -0.4 is 5.73 Å². The van der Waals surface area contributed by atoms with E-state index in [-0.39, 0.29) is 6.61 Å². The highest BCUT2D eigenvalue weighted by Crippen LogP contribution is 2.26. The number of carbonyl (C=O) groups excluding carboxylic acids is 3. The quantitative estimate of drug-likeness (QED) is 0.506. The number of esters is 3. The van der Waals surface area contributed by atoms with Gasteiger partial charge in [0.05, 0.1) is 6.04 Å². The maximum atomic E-state index is 11.3. The molecule has 1 unspecified atom stereocenters. The van der Waals surface area contributed by atoms with Crippen LogP contribution in [0.25, 0.3) is 0 Å². The largest absolute Gasteiger partial charge is 0.463 e. The predicted octanol–water partition coefficient (Wildman–Crippen LogP) is -0.498. The monoisotopic (exact) mass is 333 g/mol. The molecular formula is C14H23NO8. The molecule has 9 nitrogen and oxygen atoms in total. The molecule has 1 heterocycles. The lowest BCUT2D eigenvalue weighted by molar-refractivity contribution is -0.272. The Morgan fingerprint density at radius 2 is 1.57 bits per heavy atom. The fourth-order valence-electron chi connectivity index (χ4n) is 2.25. The van der Waals surface area contributed by atoms with Gasteiger partial charge in [0.2, 0.25) is 0 Å². The lowest BCUT2D eigenvalue weighted by atomic mass is 9.97. The van der Waals surface area contributed by atoms with Crippen LogP contribution in [-0.4, -0.2) is 61.8 Å². The van der Waals surface area contributed by atoms with Crippen molar-refractivity contribution in [2.75, 3.05) is 13.2 Å². The summed E-state index contributed by atoms with van der Waals surface area (Å²) < 4.78 is 26.3. The molecule has 0 aromatic rings. The Morgan fingerprint density at radius 1 is 1.00 bits per heavy atom. The summed E-state index contributed by atoms with van der Waals surface area (Å²) in [5.74, 6) is -1.72. The highest BCUT2D eigenvalue weighted by molar-refractivity contribution is 5.67. The van der Waals surface area contributed by atoms with Crippen LogP contribution in [0.15, 0.2) is 0 Å². The third-order valence-corrected chi connectivity index (χ3v) is 3.08. The second-order valence-corrected chi connectivity index (χ2v) is 5.03. The maximum Gasteiger partial charge on any atom is 0.303 e. The molecule has 0 aromatic heterocycles. The Kier molecular flexibility index (Phi) is 7.40. The van der Waals surface area contributed by atoms with Crippen molar-refractivity contribution < 1.29 is 38.1 Å². The summed E-state index contributed by atoms with van der Waals surface area (Å²) in [5, 5.41) is 0. The molecule has 1 rings (SSSR count). The van der Waals surface area contributed by atoms with Gasteiger partial charge in [-0.3, -0.25) is 14.4 Å². The van der Waals surface area contributed by atoms with E-state index in [9.17, 15) is 14.4 Å². The predicted molar refractivity (Wildman–Crippen MR) is 76.0 cm³/mol. The summed E-state index contributed by atoms with van der Waals surface area (Å²) in [6, 6.07) is -0.864. The lowest BCUT2D eigenvalue weighted by Crippen LogP contribution is -2.64. The molecule has 0 amide bonds. The summed E-state index contributed by atoms with van der Waals surface area (Å²) in [7, 11) is 0. The minimum absolute atomic E-state index is 0.193. The van der Waals surface area contributed by atoms with Crippen LogP contribution >= 0.6 is 0 Å². The van der Waals surface area contributed by atoms with Crippen LogP contribution in [0.3, 0.4) is 0 Å². The van der Waals surface area contributed by atoms with Gasteiger partial charge in [0.1, 0.15) is 12.7 Å². The van der Waals surface area contributed by atoms with Crippen molar-refractivity contribution >= 4 is 17.9 Å². The highest BCUT2D eigenvalue weighted by atomic mass is 16.7. The van der Waals surface area contributed by atoms with E-state index in [0.29, 0.717) is 6.61 Å². The standard InChI is InChI=1S/C14H23NO8/c1-5-19-14-11(15)13(22-9(4)18)12(21-8(3)17)10(23-14)6-20-7(2)16/h10-14H,5-6,15H2,1-4H3/t10-,11-,12-,13-,14?/m1/s1. The summed E-state index contributed by atoms with van der Waals surface area (Å²) in [4.78, 5) is 33.7. The van der Waals surface area contributed by atoms with Crippen LogP contribution in [0.2, 0.25) is 0 Å². The van der Waals surface area contributed by atoms with E-state index in [1.165, 1.54) is 20.8 Å². The van der Waals surface area contributed by atoms with Gasteiger partial charge in [0, 0.05) is 27.4 Å². The number of hydrogen-bond donors (Lipinski definition) is 1. The summed E-state index contributed by atoms with van der Waals surface area (Å²) in [6.07, 6.45) is -3.76. The lowest BCUT2D eigenvalue weighted by Gasteiger charge is -2.43. The molecular weight excluding hydrogens is 310 g/mol. The van der Waals surface area contributed by atoms with Crippen molar-refractivity contribution in [2.24, 2.45) is 5.73 Å². The van der Waals surface area contributed by atoms with E-state index < -0.39 is 48.6 Å². The van der Waals surface area contributed by atoms with E-state index in [4.69, 9.17) is 29.4 Å². The van der Waals surface area contributed by atoms with E-state index >= 15 is 0 Å². The van der Waals surface area contributed by atoms with Gasteiger partial charge in [-0.1, -0.05) is 0 Å². The summed E-state index contributed by atoms with van der Waals surface area (Å²) >= 11 is 0. The number of rotatable bonds is 6. The molecule has 23 heavy (non-hydrogen) atoms. The molecule has 5 atom stereocenters. The molecule has 0 bridgehead atoms. The Balaban J connectivity index is 3.02. The van der Waals surface area contributed by atoms with Gasteiger partial charge in [-0.15, -0.1) is 0 Å². The summed E-state index contributed by atoms with van der Waals surface area (Å²) in [6.45, 7) is 5.51. The maximum absolute atomic E-state index is 11.3. The zero-order chi connectivity index (χ0) is 17.6. The molecule has 2 N–H and O–H groups in total. The van der Waals surface area contributed by atoms with Gasteiger partial charge in [0.15, 0.2) is 18.5 Å². The molecule has 132 valence electrons. The smallest absolute Gasteiger partial charge is 0.303 e. The normalized spacial score (nSPS) is 30.4. The number of carbonyl (C=O) groups is 3. The third kappa shape index (κ3) is 5.77. The van der Waals surface area contributed by atoms with Crippen molar-refractivity contribution in [3.63, 3.8) is 0 Å². The number of hydrogen-bond acceptors (Lipinski definition) is 9. The minimum Gasteiger partial charge on any atom is -0.463 e. The van der Waals surface area contributed by atoms with Gasteiger partial charge in [0.25, 0.3) is 0 Å². The Labute approximate surface area is 134 Å². The first kappa shape index (κ1) is 19.3. The van der Waals surface area contributed by atoms with Crippen LogP contribution in [0.1, 0.15) is 27.7 Å². The van der Waals surface area contributed by atoms with Crippen molar-refractivity contribution in [3.8, 4) is 0 Å². The Bertz CT molecular complexity index is 440. The Hall–Kier alpha value is -1.71. The fraction of sp³-hybridized carbons (Fsp3) is 0.786. The van der Waals surface area contributed by atoms with Crippen LogP contribution in [0.4, 0.5) is 0 Å². The minimum atomic E-state index is -1.01. The average Bonchev–Trinajstić information content (AvgIpc) is 2.43. The molecule has 0 radical (unpaired) electrons. The fourth-order valence-corrected chi connectivity index (χ4v) is 2.25. The third-order valence-electron chi connectivity index (χ3n) is 3.08. The topological polar surface area (TPSA) is 123 Å². The van der Waals surface area contributed by atoms with Crippen molar-refractivity contribution in [3.05, 3.63) is 0 Å². The van der Waals surface area contributed by atoms with Crippen molar-refractivity contribution in [1.29, 1.82) is 0 Å². The SMILES string of the molecule is CCOC1O[C@H](COC(C)=O)[C@@H](OC(C)=O)[C@H](OC(C)=O)[C@H]1N. The van der Waals surface area contributed by atoms with Crippen molar-refractivity contribution in [2.45, 2.75) is 58.3 Å². The molecule has 9 heteroatoms. The molecule has 1 aliphatic rings. The zero-order valence-electron chi connectivity index (χ0n) is 13.6. The van der Waals surface area contributed by atoms with E-state index in [2.05, 4.69) is 0 Å². The number of ether oxygens (including phenoxy) is 5. The first-order valence-corrected chi connectivity index (χ1v) is 7.26. The second kappa shape index (κ2) is 8.80. The van der Waals surface area contributed by atoms with Crippen LogP contribution in [0.5, 0.6) is 0 Å². The summed E-state index contributed by atoms with van der Waals surface area (Å²) in [5.41, 5.74) is 6.02. The van der Waals surface area contributed by atoms with Crippen LogP contribution in [-0.2, 0) is 38.1 Å². The number of nitrogens with two attached hydrogens (primary N) is 1. The van der Waals surface area contributed by atoms with Crippen molar-refractivity contribution in [1.82, 2.24) is 0 Å². The van der Waals surface area contributed by atoms with Gasteiger partial charge in [-0.05, 0) is 6.92 Å². The van der Waals surface area contributed by atoms with E-state index in [1.54, 1.807) is 6.92 Å². The molecule has 0 spiro atoms. The van der Waals surface area contributed by atoms with E-state index in [0.717, 1.165) is 0 Å². The molecule has 1 fully saturated rings. The van der Waals surface area contributed by atoms with Gasteiger partial charge in [-0.25, -0.2) is 0 Å². The molecule has 0 aliphatic carbocycles. The molecule has 0 saturated carbocycles. The first-order chi connectivity index (χ1) is 10.8.